The van der Waals surface area contributed by atoms with Gasteiger partial charge in [0.25, 0.3) is 0 Å². The first-order chi connectivity index (χ1) is 13.0. The summed E-state index contributed by atoms with van der Waals surface area (Å²) in [5.41, 5.74) is 2.01. The molecule has 3 aromatic rings. The molecular formula is C21H18FN3O2. The Bertz CT molecular complexity index is 1050. The standard InChI is InChI=1S/C21H18FN3O2/c1-25(12-14-4-2-3-13-11-23-8-7-16(13)14)21(27)18-10-20(26)24-19-6-5-15(22)9-17(18)19/h2-9,11,18H,10,12H2,1H3,(H,24,26)/t18-/m0/s1. The fraction of sp³-hybridized carbons (Fsp3) is 0.190. The van der Waals surface area contributed by atoms with Crippen molar-refractivity contribution in [3.05, 3.63) is 71.8 Å². The van der Waals surface area contributed by atoms with Crippen molar-refractivity contribution in [3.63, 3.8) is 0 Å². The molecule has 0 saturated carbocycles. The predicted molar refractivity (Wildman–Crippen MR) is 101 cm³/mol. The van der Waals surface area contributed by atoms with Crippen LogP contribution in [0.25, 0.3) is 10.8 Å². The van der Waals surface area contributed by atoms with Gasteiger partial charge in [-0.3, -0.25) is 14.6 Å². The van der Waals surface area contributed by atoms with Gasteiger partial charge < -0.3 is 10.2 Å². The number of amides is 2. The lowest BCUT2D eigenvalue weighted by Crippen LogP contribution is -2.36. The highest BCUT2D eigenvalue weighted by atomic mass is 19.1. The smallest absolute Gasteiger partial charge is 0.230 e. The minimum Gasteiger partial charge on any atom is -0.341 e. The Balaban J connectivity index is 1.63. The van der Waals surface area contributed by atoms with Crippen molar-refractivity contribution in [2.45, 2.75) is 18.9 Å². The number of nitrogens with one attached hydrogen (secondary N) is 1. The maximum absolute atomic E-state index is 13.7. The van der Waals surface area contributed by atoms with Crippen molar-refractivity contribution < 1.29 is 14.0 Å². The third-order valence-corrected chi connectivity index (χ3v) is 4.91. The van der Waals surface area contributed by atoms with Crippen LogP contribution in [0.15, 0.2) is 54.9 Å². The van der Waals surface area contributed by atoms with Gasteiger partial charge in [-0.15, -0.1) is 0 Å². The topological polar surface area (TPSA) is 62.3 Å². The van der Waals surface area contributed by atoms with E-state index >= 15 is 0 Å². The second kappa shape index (κ2) is 6.79. The normalized spacial score (nSPS) is 15.9. The molecular weight excluding hydrogens is 345 g/mol. The molecule has 27 heavy (non-hydrogen) atoms. The molecule has 1 N–H and O–H groups in total. The van der Waals surface area contributed by atoms with Gasteiger partial charge in [-0.05, 0) is 40.8 Å². The van der Waals surface area contributed by atoms with Crippen molar-refractivity contribution in [2.24, 2.45) is 0 Å². The number of rotatable bonds is 3. The lowest BCUT2D eigenvalue weighted by Gasteiger charge is -2.29. The molecule has 1 aliphatic heterocycles. The Morgan fingerprint density at radius 1 is 1.30 bits per heavy atom. The lowest BCUT2D eigenvalue weighted by molar-refractivity contribution is -0.134. The number of likely N-dealkylation sites (N-methyl/N-ethyl adjacent to an activating group) is 1. The van der Waals surface area contributed by atoms with Gasteiger partial charge in [0.05, 0.1) is 5.92 Å². The van der Waals surface area contributed by atoms with Gasteiger partial charge in [-0.25, -0.2) is 4.39 Å². The van der Waals surface area contributed by atoms with Crippen molar-refractivity contribution in [1.29, 1.82) is 0 Å². The average molecular weight is 363 g/mol. The Morgan fingerprint density at radius 2 is 2.15 bits per heavy atom. The zero-order valence-corrected chi connectivity index (χ0v) is 14.8. The van der Waals surface area contributed by atoms with E-state index in [0.717, 1.165) is 16.3 Å². The summed E-state index contributed by atoms with van der Waals surface area (Å²) in [4.78, 5) is 30.8. The molecule has 2 aromatic carbocycles. The average Bonchev–Trinajstić information content (AvgIpc) is 2.67. The Morgan fingerprint density at radius 3 is 3.00 bits per heavy atom. The van der Waals surface area contributed by atoms with Crippen LogP contribution < -0.4 is 5.32 Å². The van der Waals surface area contributed by atoms with Crippen molar-refractivity contribution >= 4 is 28.3 Å². The molecule has 1 aliphatic rings. The molecule has 1 aromatic heterocycles. The Hall–Kier alpha value is -3.28. The molecule has 0 fully saturated rings. The number of pyridine rings is 1. The van der Waals surface area contributed by atoms with E-state index in [9.17, 15) is 14.0 Å². The second-order valence-electron chi connectivity index (χ2n) is 6.74. The van der Waals surface area contributed by atoms with E-state index in [1.54, 1.807) is 24.3 Å². The molecule has 0 unspecified atom stereocenters. The van der Waals surface area contributed by atoms with Gasteiger partial charge in [0, 0.05) is 43.5 Å². The minimum absolute atomic E-state index is 0.0130. The summed E-state index contributed by atoms with van der Waals surface area (Å²) in [6, 6.07) is 11.9. The number of anilines is 1. The van der Waals surface area contributed by atoms with Gasteiger partial charge >= 0.3 is 0 Å². The summed E-state index contributed by atoms with van der Waals surface area (Å²) >= 11 is 0. The summed E-state index contributed by atoms with van der Waals surface area (Å²) in [5.74, 6) is -1.56. The van der Waals surface area contributed by atoms with Crippen LogP contribution in [0.3, 0.4) is 0 Å². The van der Waals surface area contributed by atoms with E-state index in [1.807, 2.05) is 24.3 Å². The van der Waals surface area contributed by atoms with Gasteiger partial charge in [-0.2, -0.15) is 0 Å². The molecule has 0 saturated heterocycles. The monoisotopic (exact) mass is 363 g/mol. The number of benzene rings is 2. The Kier molecular flexibility index (Phi) is 4.32. The zero-order chi connectivity index (χ0) is 19.0. The molecule has 2 amide bonds. The molecule has 5 nitrogen and oxygen atoms in total. The van der Waals surface area contributed by atoms with Crippen LogP contribution in [0, 0.1) is 5.82 Å². The summed E-state index contributed by atoms with van der Waals surface area (Å²) < 4.78 is 13.7. The van der Waals surface area contributed by atoms with Gasteiger partial charge in [-0.1, -0.05) is 18.2 Å². The van der Waals surface area contributed by atoms with E-state index in [-0.39, 0.29) is 18.2 Å². The number of fused-ring (bicyclic) bond motifs is 2. The number of hydrogen-bond acceptors (Lipinski definition) is 3. The van der Waals surface area contributed by atoms with E-state index < -0.39 is 11.7 Å². The minimum atomic E-state index is -0.689. The number of nitrogens with zero attached hydrogens (tertiary/aromatic N) is 2. The number of halogens is 1. The highest BCUT2D eigenvalue weighted by molar-refractivity contribution is 6.01. The first-order valence-corrected chi connectivity index (χ1v) is 8.69. The second-order valence-corrected chi connectivity index (χ2v) is 6.74. The summed E-state index contributed by atoms with van der Waals surface area (Å²) in [6.45, 7) is 0.392. The van der Waals surface area contributed by atoms with Crippen molar-refractivity contribution in [1.82, 2.24) is 9.88 Å². The lowest BCUT2D eigenvalue weighted by atomic mass is 9.89. The summed E-state index contributed by atoms with van der Waals surface area (Å²) in [6.07, 6.45) is 3.52. The number of carbonyl (C=O) groups is 2. The summed E-state index contributed by atoms with van der Waals surface area (Å²) in [5, 5.41) is 4.73. The fourth-order valence-electron chi connectivity index (χ4n) is 3.58. The van der Waals surface area contributed by atoms with Gasteiger partial charge in [0.15, 0.2) is 0 Å². The molecule has 0 radical (unpaired) electrons. The maximum atomic E-state index is 13.7. The van der Waals surface area contributed by atoms with E-state index in [2.05, 4.69) is 10.3 Å². The first-order valence-electron chi connectivity index (χ1n) is 8.69. The van der Waals surface area contributed by atoms with Crippen molar-refractivity contribution in [3.8, 4) is 0 Å². The SMILES string of the molecule is CN(Cc1cccc2cnccc12)C(=O)[C@H]1CC(=O)Nc2ccc(F)cc21. The quantitative estimate of drug-likeness (QED) is 0.775. The molecule has 2 heterocycles. The van der Waals surface area contributed by atoms with Crippen LogP contribution in [-0.4, -0.2) is 28.7 Å². The van der Waals surface area contributed by atoms with E-state index in [1.165, 1.54) is 18.2 Å². The van der Waals surface area contributed by atoms with E-state index in [4.69, 9.17) is 0 Å². The van der Waals surface area contributed by atoms with Crippen LogP contribution in [0.5, 0.6) is 0 Å². The first kappa shape index (κ1) is 17.1. The number of hydrogen-bond donors (Lipinski definition) is 1. The highest BCUT2D eigenvalue weighted by Crippen LogP contribution is 2.34. The van der Waals surface area contributed by atoms with Crippen LogP contribution in [0.2, 0.25) is 0 Å². The highest BCUT2D eigenvalue weighted by Gasteiger charge is 2.32. The Labute approximate surface area is 155 Å². The maximum Gasteiger partial charge on any atom is 0.230 e. The molecule has 0 bridgehead atoms. The van der Waals surface area contributed by atoms with Crippen LogP contribution in [0.4, 0.5) is 10.1 Å². The largest absolute Gasteiger partial charge is 0.341 e. The number of carbonyl (C=O) groups excluding carboxylic acids is 2. The number of aromatic nitrogens is 1. The third-order valence-electron chi connectivity index (χ3n) is 4.91. The molecule has 1 atom stereocenters. The molecule has 6 heteroatoms. The molecule has 0 aliphatic carbocycles. The molecule has 136 valence electrons. The third kappa shape index (κ3) is 3.26. The van der Waals surface area contributed by atoms with Crippen LogP contribution >= 0.6 is 0 Å². The van der Waals surface area contributed by atoms with Crippen molar-refractivity contribution in [2.75, 3.05) is 12.4 Å². The van der Waals surface area contributed by atoms with Gasteiger partial charge in [0.2, 0.25) is 11.8 Å². The fourth-order valence-corrected chi connectivity index (χ4v) is 3.58. The van der Waals surface area contributed by atoms with Crippen LogP contribution in [0.1, 0.15) is 23.5 Å². The summed E-state index contributed by atoms with van der Waals surface area (Å²) in [7, 11) is 1.70. The predicted octanol–water partition coefficient (Wildman–Crippen LogP) is 3.46. The van der Waals surface area contributed by atoms with Gasteiger partial charge in [0.1, 0.15) is 5.82 Å². The molecule has 4 rings (SSSR count). The van der Waals surface area contributed by atoms with E-state index in [0.29, 0.717) is 17.8 Å². The van der Waals surface area contributed by atoms with Crippen LogP contribution in [-0.2, 0) is 16.1 Å². The molecule has 0 spiro atoms. The zero-order valence-electron chi connectivity index (χ0n) is 14.8.